The summed E-state index contributed by atoms with van der Waals surface area (Å²) in [7, 11) is -6.09. The number of aryl methyl sites for hydroxylation is 6. The highest BCUT2D eigenvalue weighted by atomic mass is 31.1. The molecular weight excluding hydrogens is 1020 g/mol. The van der Waals surface area contributed by atoms with Gasteiger partial charge in [-0.2, -0.15) is 0 Å². The summed E-state index contributed by atoms with van der Waals surface area (Å²) in [5.74, 6) is 2.99. The number of ether oxygens (including phenoxy) is 1. The standard InChI is InChI=1S/C17H15NO3.C16H12N2O2.C8H8N2O2.C8H8O2.2HO4P.2H2O.2H2/c1-10-3-5-12(6-4-10)15(19)8-13-7-14-17(9-16(13)20)21-11(2)18-14;1-9-3-5-11(6-4-9)16-18-13-7-12-14(8-15(13)20-16)19-10(2)17-12;1-4-10-6-2-5(9)7(11)3-8(6)12-4;1-7-2-4-8(5-3-7)10-6-9;2*1-4-5(2)3;;;;/h3-7,9,20H,8H2,1-2H3;3-8H,1-2H3;2-3,11H,9H2,1H3;2-6H,1H3;2*1H;2*1H2;2*1H. The van der Waals surface area contributed by atoms with Gasteiger partial charge in [0.05, 0.1) is 5.69 Å². The van der Waals surface area contributed by atoms with Crippen LogP contribution in [0.4, 0.5) is 5.69 Å². The molecule has 0 amide bonds. The molecule has 10 aromatic rings. The molecule has 0 aliphatic heterocycles. The minimum absolute atomic E-state index is 0. The lowest BCUT2D eigenvalue weighted by Gasteiger charge is -2.04. The quantitative estimate of drug-likeness (QED) is 0.0181. The van der Waals surface area contributed by atoms with Gasteiger partial charge in [0, 0.05) is 74.3 Å². The summed E-state index contributed by atoms with van der Waals surface area (Å²) in [5, 5.41) is 33.3. The van der Waals surface area contributed by atoms with Crippen molar-refractivity contribution in [3.8, 4) is 28.7 Å². The van der Waals surface area contributed by atoms with E-state index in [1.54, 1.807) is 50.2 Å². The van der Waals surface area contributed by atoms with E-state index in [9.17, 15) is 19.8 Å². The number of aromatic nitrogens is 4. The number of nitrogen functional groups attached to an aromatic ring is 1. The Hall–Kier alpha value is -8.38. The fourth-order valence-electron chi connectivity index (χ4n) is 6.33. The highest BCUT2D eigenvalue weighted by Gasteiger charge is 2.15. The highest BCUT2D eigenvalue weighted by molar-refractivity contribution is 7.30. The lowest BCUT2D eigenvalue weighted by molar-refractivity contribution is -0.245. The predicted molar refractivity (Wildman–Crippen MR) is 273 cm³/mol. The number of carbonyl (C=O) groups excluding carboxylic acids is 2. The number of anilines is 1. The van der Waals surface area contributed by atoms with Crippen LogP contribution in [0.15, 0.2) is 127 Å². The zero-order chi connectivity index (χ0) is 53.4. The van der Waals surface area contributed by atoms with Crippen molar-refractivity contribution in [2.45, 2.75) is 48.0 Å². The number of Topliss-reactive ketones (excluding diaryl/α,β-unsaturated/α-hetero) is 1. The molecule has 4 aromatic heterocycles. The monoisotopic (exact) mass is 1080 g/mol. The topological polar surface area (TPSA) is 416 Å². The van der Waals surface area contributed by atoms with Gasteiger partial charge in [0.25, 0.3) is 6.47 Å². The van der Waals surface area contributed by atoms with Crippen LogP contribution in [-0.4, -0.2) is 63.9 Å². The first-order valence-electron chi connectivity index (χ1n) is 21.1. The number of rotatable bonds is 8. The number of carbonyl (C=O) groups is 2. The van der Waals surface area contributed by atoms with Gasteiger partial charge in [0.2, 0.25) is 5.89 Å². The maximum atomic E-state index is 12.3. The largest absolute Gasteiger partial charge is 0.565 e. The van der Waals surface area contributed by atoms with Crippen LogP contribution in [-0.2, 0) is 29.7 Å². The maximum absolute atomic E-state index is 12.3. The fraction of sp³-hybridized carbons (Fsp3) is 0.143. The number of ketones is 1. The molecule has 75 heavy (non-hydrogen) atoms. The third-order valence-electron chi connectivity index (χ3n) is 9.71. The van der Waals surface area contributed by atoms with Crippen molar-refractivity contribution in [2.24, 2.45) is 0 Å². The van der Waals surface area contributed by atoms with Crippen LogP contribution < -0.4 is 20.3 Å². The number of benzene rings is 6. The normalized spacial score (nSPS) is 10.5. The number of oxazole rings is 4. The van der Waals surface area contributed by atoms with E-state index in [4.69, 9.17) is 52.8 Å². The molecule has 0 saturated heterocycles. The van der Waals surface area contributed by atoms with E-state index >= 15 is 0 Å². The molecule has 0 spiro atoms. The molecule has 6 aromatic carbocycles. The van der Waals surface area contributed by atoms with E-state index in [1.165, 1.54) is 17.7 Å². The van der Waals surface area contributed by atoms with Gasteiger partial charge in [-0.1, -0.05) is 65.2 Å². The summed E-state index contributed by atoms with van der Waals surface area (Å²) in [4.78, 5) is 57.1. The number of fused-ring (bicyclic) bond motifs is 4. The summed E-state index contributed by atoms with van der Waals surface area (Å²) in [5.41, 5.74) is 16.8. The molecule has 24 nitrogen and oxygen atoms in total. The fourth-order valence-corrected chi connectivity index (χ4v) is 6.33. The molecule has 2 unspecified atom stereocenters. The molecule has 26 heteroatoms. The average Bonchev–Trinajstić information content (AvgIpc) is 4.13. The van der Waals surface area contributed by atoms with E-state index in [-0.39, 0.29) is 37.5 Å². The van der Waals surface area contributed by atoms with Crippen LogP contribution in [0.2, 0.25) is 0 Å². The molecule has 0 fully saturated rings. The van der Waals surface area contributed by atoms with Crippen molar-refractivity contribution in [1.82, 2.24) is 19.9 Å². The zero-order valence-electron chi connectivity index (χ0n) is 40.5. The molecule has 10 N–H and O–H groups in total. The number of hydrogen-bond donors (Lipinski definition) is 5. The van der Waals surface area contributed by atoms with Crippen molar-refractivity contribution >= 4 is 78.9 Å². The second-order valence-corrected chi connectivity index (χ2v) is 16.5. The second-order valence-electron chi connectivity index (χ2n) is 15.3. The van der Waals surface area contributed by atoms with Crippen molar-refractivity contribution in [2.75, 3.05) is 5.73 Å². The number of nitrogens with zero attached hydrogens (tertiary/aromatic N) is 4. The maximum Gasteiger partial charge on any atom is 0.521 e. The van der Waals surface area contributed by atoms with Gasteiger partial charge in [-0.25, -0.2) is 30.5 Å². The summed E-state index contributed by atoms with van der Waals surface area (Å²) in [6.45, 7) is 11.7. The van der Waals surface area contributed by atoms with Gasteiger partial charge in [0.1, 0.15) is 39.3 Å². The number of hydrogen-bond acceptors (Lipinski definition) is 22. The van der Waals surface area contributed by atoms with Gasteiger partial charge < -0.3 is 59.1 Å². The first-order chi connectivity index (χ1) is 34.7. The lowest BCUT2D eigenvalue weighted by atomic mass is 10.0. The van der Waals surface area contributed by atoms with Crippen molar-refractivity contribution in [1.29, 1.82) is 0 Å². The Bertz CT molecular complexity index is 3390. The zero-order valence-corrected chi connectivity index (χ0v) is 42.3. The van der Waals surface area contributed by atoms with E-state index in [0.717, 1.165) is 33.3 Å². The third-order valence-corrected chi connectivity index (χ3v) is 9.97. The molecule has 10 rings (SSSR count). The van der Waals surface area contributed by atoms with Crippen LogP contribution >= 0.6 is 16.5 Å². The van der Waals surface area contributed by atoms with Gasteiger partial charge >= 0.3 is 16.5 Å². The Morgan fingerprint density at radius 1 is 0.600 bits per heavy atom. The van der Waals surface area contributed by atoms with Crippen LogP contribution in [0.5, 0.6) is 17.2 Å². The Morgan fingerprint density at radius 2 is 1.00 bits per heavy atom. The third kappa shape index (κ3) is 18.3. The predicted octanol–water partition coefficient (Wildman–Crippen LogP) is 8.61. The summed E-state index contributed by atoms with van der Waals surface area (Å²) in [6, 6.07) is 32.8. The van der Waals surface area contributed by atoms with Crippen LogP contribution in [0, 0.1) is 41.5 Å². The van der Waals surface area contributed by atoms with Gasteiger partial charge in [-0.05, 0) is 72.4 Å². The van der Waals surface area contributed by atoms with E-state index in [2.05, 4.69) is 40.9 Å². The minimum atomic E-state index is -3.04. The number of phenolic OH excluding ortho intramolecular Hbond substituents is 2. The van der Waals surface area contributed by atoms with Crippen LogP contribution in [0.3, 0.4) is 0 Å². The second kappa shape index (κ2) is 28.8. The summed E-state index contributed by atoms with van der Waals surface area (Å²) >= 11 is 0. The van der Waals surface area contributed by atoms with Crippen LogP contribution in [0.1, 0.15) is 53.1 Å². The Morgan fingerprint density at radius 3 is 1.48 bits per heavy atom. The van der Waals surface area contributed by atoms with Gasteiger partial charge in [-0.3, -0.25) is 9.59 Å². The number of nitrogens with two attached hydrogens (primary N) is 1. The smallest absolute Gasteiger partial charge is 0.521 e. The molecule has 0 aliphatic rings. The SMILES string of the molecule is Cc1ccc(-c2nc3cc4nc(C)oc4cc3o2)cc1.Cc1ccc(C(=O)Cc2cc3nc(C)oc3cc2O)cc1.Cc1ccc(OC=O)cc1.Cc1nc2cc(N)c(O)cc2o1.O.O.O=[P+]([O-])OO.O=[P+]([O-])OO.[HH].[HH]. The van der Waals surface area contributed by atoms with Gasteiger partial charge in [-0.15, -0.1) is 0 Å². The van der Waals surface area contributed by atoms with Crippen molar-refractivity contribution in [3.05, 3.63) is 155 Å². The summed E-state index contributed by atoms with van der Waals surface area (Å²) in [6.07, 6.45) is 0.136. The van der Waals surface area contributed by atoms with Gasteiger partial charge in [0.15, 0.2) is 45.8 Å². The molecule has 0 radical (unpaired) electrons. The molecule has 4 heterocycles. The molecular formula is C49H53N5O19P2. The molecule has 398 valence electrons. The first-order valence-corrected chi connectivity index (χ1v) is 23.3. The Kier molecular flexibility index (Phi) is 23.4. The van der Waals surface area contributed by atoms with E-state index < -0.39 is 16.5 Å². The minimum Gasteiger partial charge on any atom is -0.565 e. The molecule has 2 atom stereocenters. The van der Waals surface area contributed by atoms with Crippen molar-refractivity contribution < 1.29 is 94.8 Å². The number of phenols is 2. The number of aromatic hydroxyl groups is 2. The van der Waals surface area contributed by atoms with E-state index in [0.29, 0.717) is 80.4 Å². The average molecular weight is 1080 g/mol. The van der Waals surface area contributed by atoms with Crippen molar-refractivity contribution in [3.63, 3.8) is 0 Å². The lowest BCUT2D eigenvalue weighted by Crippen LogP contribution is -2.03. The van der Waals surface area contributed by atoms with E-state index in [1.807, 2.05) is 81.4 Å². The molecule has 0 saturated carbocycles. The Balaban J connectivity index is 0.000000491. The molecule has 0 aliphatic carbocycles. The first kappa shape index (κ1) is 60.9. The molecule has 0 bridgehead atoms. The highest BCUT2D eigenvalue weighted by Crippen LogP contribution is 2.30. The Labute approximate surface area is 429 Å². The van der Waals surface area contributed by atoms with Crippen LogP contribution in [0.25, 0.3) is 55.9 Å². The summed E-state index contributed by atoms with van der Waals surface area (Å²) < 4.78 is 49.7.